The Balaban J connectivity index is 2.27. The van der Waals surface area contributed by atoms with Crippen molar-refractivity contribution >= 4 is 15.9 Å². The normalized spacial score (nSPS) is 50.8. The zero-order valence-corrected chi connectivity index (χ0v) is 12.9. The Kier molecular flexibility index (Phi) is 3.51. The summed E-state index contributed by atoms with van der Waals surface area (Å²) in [6, 6.07) is 0. The Morgan fingerprint density at radius 3 is 2.65 bits per heavy atom. The van der Waals surface area contributed by atoms with Crippen LogP contribution in [0.3, 0.4) is 0 Å². The van der Waals surface area contributed by atoms with Gasteiger partial charge in [0.1, 0.15) is 0 Å². The Hall–Kier alpha value is 0.180. The average molecular weight is 301 g/mol. The molecule has 2 heteroatoms. The molecule has 1 nitrogen and oxygen atoms in total. The third kappa shape index (κ3) is 2.12. The summed E-state index contributed by atoms with van der Waals surface area (Å²) in [4.78, 5) is 0.573. The van der Waals surface area contributed by atoms with E-state index in [4.69, 9.17) is 0 Å². The number of hydrogen-bond donors (Lipinski definition) is 1. The first kappa shape index (κ1) is 13.6. The van der Waals surface area contributed by atoms with Gasteiger partial charge in [0.05, 0.1) is 5.60 Å². The van der Waals surface area contributed by atoms with Crippen LogP contribution in [-0.2, 0) is 0 Å². The number of aliphatic hydroxyl groups is 1. The maximum Gasteiger partial charge on any atom is 0.0732 e. The maximum absolute atomic E-state index is 11.2. The van der Waals surface area contributed by atoms with Crippen LogP contribution in [0.5, 0.6) is 0 Å². The molecule has 0 aromatic rings. The van der Waals surface area contributed by atoms with Crippen LogP contribution in [0, 0.1) is 17.3 Å². The van der Waals surface area contributed by atoms with Crippen molar-refractivity contribution in [3.05, 3.63) is 12.2 Å². The van der Waals surface area contributed by atoms with Crippen molar-refractivity contribution in [2.75, 3.05) is 0 Å². The van der Waals surface area contributed by atoms with Gasteiger partial charge in [-0.2, -0.15) is 0 Å². The molecule has 2 aliphatic rings. The van der Waals surface area contributed by atoms with Gasteiger partial charge in [0.15, 0.2) is 0 Å². The highest BCUT2D eigenvalue weighted by Crippen LogP contribution is 2.58. The molecule has 0 spiro atoms. The number of hydrogen-bond acceptors (Lipinski definition) is 1. The highest BCUT2D eigenvalue weighted by Gasteiger charge is 2.56. The standard InChI is InChI=1S/C15H25BrO/c1-10(2)12-5-6-14(4)9-13(16)7-11(3)15(14,17)8-12/h11-13,17H,1,5-9H2,2-4H3/t11-,12+,13+,14-,15-/m0/s1. The Morgan fingerprint density at radius 2 is 2.06 bits per heavy atom. The van der Waals surface area contributed by atoms with E-state index in [1.807, 2.05) is 0 Å². The van der Waals surface area contributed by atoms with Crippen LogP contribution < -0.4 is 0 Å². The zero-order chi connectivity index (χ0) is 12.8. The number of alkyl halides is 1. The van der Waals surface area contributed by atoms with E-state index in [1.165, 1.54) is 12.0 Å². The third-order valence-electron chi connectivity index (χ3n) is 5.44. The molecule has 0 heterocycles. The summed E-state index contributed by atoms with van der Waals surface area (Å²) in [7, 11) is 0. The largest absolute Gasteiger partial charge is 0.389 e. The summed E-state index contributed by atoms with van der Waals surface area (Å²) in [6.07, 6.45) is 5.44. The van der Waals surface area contributed by atoms with Crippen LogP contribution in [0.25, 0.3) is 0 Å². The van der Waals surface area contributed by atoms with Crippen LogP contribution in [-0.4, -0.2) is 15.5 Å². The monoisotopic (exact) mass is 300 g/mol. The molecule has 17 heavy (non-hydrogen) atoms. The van der Waals surface area contributed by atoms with Crippen LogP contribution >= 0.6 is 15.9 Å². The molecule has 2 aliphatic carbocycles. The van der Waals surface area contributed by atoms with Crippen molar-refractivity contribution in [2.45, 2.75) is 63.3 Å². The molecule has 0 saturated heterocycles. The lowest BCUT2D eigenvalue weighted by Crippen LogP contribution is -2.59. The van der Waals surface area contributed by atoms with Gasteiger partial charge in [-0.05, 0) is 56.3 Å². The second kappa shape index (κ2) is 4.38. The van der Waals surface area contributed by atoms with Crippen molar-refractivity contribution in [3.8, 4) is 0 Å². The molecule has 2 fully saturated rings. The second-order valence-electron chi connectivity index (χ2n) is 6.71. The van der Waals surface area contributed by atoms with Gasteiger partial charge in [-0.25, -0.2) is 0 Å². The first-order chi connectivity index (χ1) is 7.78. The predicted octanol–water partition coefficient (Wildman–Crippen LogP) is 4.29. The lowest BCUT2D eigenvalue weighted by atomic mass is 9.51. The van der Waals surface area contributed by atoms with Crippen molar-refractivity contribution in [1.29, 1.82) is 0 Å². The minimum Gasteiger partial charge on any atom is -0.389 e. The summed E-state index contributed by atoms with van der Waals surface area (Å²) in [6.45, 7) is 10.7. The van der Waals surface area contributed by atoms with E-state index in [0.717, 1.165) is 25.7 Å². The molecule has 0 aromatic carbocycles. The minimum atomic E-state index is -0.487. The molecule has 98 valence electrons. The van der Waals surface area contributed by atoms with Gasteiger partial charge in [-0.15, -0.1) is 0 Å². The molecule has 0 amide bonds. The van der Waals surface area contributed by atoms with Crippen molar-refractivity contribution in [1.82, 2.24) is 0 Å². The molecular formula is C15H25BrO. The van der Waals surface area contributed by atoms with Gasteiger partial charge in [0, 0.05) is 4.83 Å². The highest BCUT2D eigenvalue weighted by molar-refractivity contribution is 9.09. The van der Waals surface area contributed by atoms with Gasteiger partial charge in [0.2, 0.25) is 0 Å². The first-order valence-electron chi connectivity index (χ1n) is 6.80. The second-order valence-corrected chi connectivity index (χ2v) is 8.00. The van der Waals surface area contributed by atoms with Crippen LogP contribution in [0.15, 0.2) is 12.2 Å². The van der Waals surface area contributed by atoms with Gasteiger partial charge in [0.25, 0.3) is 0 Å². The third-order valence-corrected chi connectivity index (χ3v) is 6.14. The van der Waals surface area contributed by atoms with E-state index in [0.29, 0.717) is 16.7 Å². The van der Waals surface area contributed by atoms with Crippen LogP contribution in [0.1, 0.15) is 52.9 Å². The van der Waals surface area contributed by atoms with E-state index in [-0.39, 0.29) is 5.41 Å². The zero-order valence-electron chi connectivity index (χ0n) is 11.3. The predicted molar refractivity (Wildman–Crippen MR) is 76.3 cm³/mol. The van der Waals surface area contributed by atoms with Crippen molar-refractivity contribution < 1.29 is 5.11 Å². The van der Waals surface area contributed by atoms with E-state index in [9.17, 15) is 5.11 Å². The van der Waals surface area contributed by atoms with Gasteiger partial charge < -0.3 is 5.11 Å². The molecule has 0 radical (unpaired) electrons. The number of halogens is 1. The molecule has 0 unspecified atom stereocenters. The fourth-order valence-electron chi connectivity index (χ4n) is 4.08. The number of rotatable bonds is 1. The first-order valence-corrected chi connectivity index (χ1v) is 7.72. The molecule has 0 aromatic heterocycles. The van der Waals surface area contributed by atoms with Crippen LogP contribution in [0.4, 0.5) is 0 Å². The summed E-state index contributed by atoms with van der Waals surface area (Å²) in [5.74, 6) is 0.898. The maximum atomic E-state index is 11.2. The molecular weight excluding hydrogens is 276 g/mol. The fraction of sp³-hybridized carbons (Fsp3) is 0.867. The van der Waals surface area contributed by atoms with Gasteiger partial charge >= 0.3 is 0 Å². The van der Waals surface area contributed by atoms with E-state index in [1.54, 1.807) is 0 Å². The van der Waals surface area contributed by atoms with Crippen LogP contribution in [0.2, 0.25) is 0 Å². The fourth-order valence-corrected chi connectivity index (χ4v) is 5.35. The molecule has 5 atom stereocenters. The SMILES string of the molecule is C=C(C)[C@@H]1CC[C@@]2(C)C[C@H](Br)C[C@H](C)[C@@]2(O)C1. The Bertz CT molecular complexity index is 327. The summed E-state index contributed by atoms with van der Waals surface area (Å²) in [5, 5.41) is 11.2. The lowest BCUT2D eigenvalue weighted by Gasteiger charge is -2.58. The van der Waals surface area contributed by atoms with E-state index < -0.39 is 5.60 Å². The molecule has 1 N–H and O–H groups in total. The van der Waals surface area contributed by atoms with Crippen molar-refractivity contribution in [3.63, 3.8) is 0 Å². The molecule has 0 bridgehead atoms. The van der Waals surface area contributed by atoms with Gasteiger partial charge in [-0.3, -0.25) is 0 Å². The number of allylic oxidation sites excluding steroid dienone is 1. The quantitative estimate of drug-likeness (QED) is 0.566. The molecule has 2 saturated carbocycles. The molecule has 2 rings (SSSR count). The lowest BCUT2D eigenvalue weighted by molar-refractivity contribution is -0.171. The van der Waals surface area contributed by atoms with Crippen molar-refractivity contribution in [2.24, 2.45) is 17.3 Å². The number of fused-ring (bicyclic) bond motifs is 1. The summed E-state index contributed by atoms with van der Waals surface area (Å²) in [5.41, 5.74) is 0.845. The topological polar surface area (TPSA) is 20.2 Å². The Morgan fingerprint density at radius 1 is 1.41 bits per heavy atom. The summed E-state index contributed by atoms with van der Waals surface area (Å²) >= 11 is 3.77. The molecule has 0 aliphatic heterocycles. The van der Waals surface area contributed by atoms with E-state index >= 15 is 0 Å². The van der Waals surface area contributed by atoms with Gasteiger partial charge in [-0.1, -0.05) is 41.9 Å². The average Bonchev–Trinajstić information content (AvgIpc) is 2.20. The van der Waals surface area contributed by atoms with E-state index in [2.05, 4.69) is 43.3 Å². The Labute approximate surface area is 114 Å². The summed E-state index contributed by atoms with van der Waals surface area (Å²) < 4.78 is 0. The smallest absolute Gasteiger partial charge is 0.0732 e. The highest BCUT2D eigenvalue weighted by atomic mass is 79.9. The minimum absolute atomic E-state index is 0.0881.